The van der Waals surface area contributed by atoms with Crippen molar-refractivity contribution in [2.45, 2.75) is 187 Å². The zero-order valence-electron chi connectivity index (χ0n) is 35.2. The topological polar surface area (TPSA) is 109 Å². The normalized spacial score (nSPS) is 22.5. The van der Waals surface area contributed by atoms with Crippen LogP contribution in [0.4, 0.5) is 0 Å². The fourth-order valence-electron chi connectivity index (χ4n) is 10.1. The Morgan fingerprint density at radius 2 is 1.12 bits per heavy atom. The highest BCUT2D eigenvalue weighted by Gasteiger charge is 2.62. The molecule has 1 atom stereocenters. The summed E-state index contributed by atoms with van der Waals surface area (Å²) in [6.07, 6.45) is 4.03. The lowest BCUT2D eigenvalue weighted by molar-refractivity contribution is -0.304. The van der Waals surface area contributed by atoms with Gasteiger partial charge in [0.2, 0.25) is 0 Å². The van der Waals surface area contributed by atoms with E-state index >= 15 is 0 Å². The standard InChI is InChI=1S/C42H72N2O7/c1-18-19-20-30(34(46)47)35(48)51-42(28-23-38(8,9)43(49-16)39(10,11)24-28,29-25-40(12,13)44(50-17)41(14,15)26-29)27-21-31(36(2,3)4)33(45)32(22-27)37(5,6)7/h21-22,28-30,45H,18-20,23-26H2,1-17H3,(H,46,47). The Hall–Kier alpha value is -2.20. The minimum Gasteiger partial charge on any atom is -0.507 e. The molecule has 0 saturated carbocycles. The van der Waals surface area contributed by atoms with E-state index in [9.17, 15) is 19.8 Å². The number of phenolic OH excluding ortho intramolecular Hbond substituents is 1. The minimum atomic E-state index is -1.30. The SMILES string of the molecule is CCCCC(C(=O)O)C(=O)OC(c1cc(C(C)(C)C)c(O)c(C(C)(C)C)c1)(C1CC(C)(C)N(OC)C(C)(C)C1)C1CC(C)(C)N(OC)C(C)(C)C1. The predicted molar refractivity (Wildman–Crippen MR) is 203 cm³/mol. The highest BCUT2D eigenvalue weighted by atomic mass is 16.7. The van der Waals surface area contributed by atoms with Crippen LogP contribution in [0.3, 0.4) is 0 Å². The average Bonchev–Trinajstić information content (AvgIpc) is 2.92. The van der Waals surface area contributed by atoms with E-state index in [1.54, 1.807) is 14.2 Å². The molecule has 51 heavy (non-hydrogen) atoms. The van der Waals surface area contributed by atoms with E-state index in [0.29, 0.717) is 32.1 Å². The number of piperidine rings is 2. The second-order valence-electron chi connectivity index (χ2n) is 20.1. The molecule has 2 saturated heterocycles. The largest absolute Gasteiger partial charge is 0.507 e. The van der Waals surface area contributed by atoms with E-state index in [2.05, 4.69) is 119 Å². The lowest BCUT2D eigenvalue weighted by Gasteiger charge is -2.62. The van der Waals surface area contributed by atoms with Crippen LogP contribution in [0.5, 0.6) is 5.75 Å². The number of hydrogen-bond donors (Lipinski definition) is 2. The summed E-state index contributed by atoms with van der Waals surface area (Å²) in [4.78, 5) is 39.7. The second-order valence-corrected chi connectivity index (χ2v) is 20.1. The van der Waals surface area contributed by atoms with Gasteiger partial charge in [-0.25, -0.2) is 0 Å². The van der Waals surface area contributed by atoms with Crippen molar-refractivity contribution in [3.05, 3.63) is 28.8 Å². The van der Waals surface area contributed by atoms with Crippen LogP contribution in [0.15, 0.2) is 12.1 Å². The van der Waals surface area contributed by atoms with Crippen molar-refractivity contribution < 1.29 is 34.2 Å². The van der Waals surface area contributed by atoms with Gasteiger partial charge in [0.05, 0.1) is 14.2 Å². The van der Waals surface area contributed by atoms with E-state index in [0.717, 1.165) is 23.1 Å². The maximum Gasteiger partial charge on any atom is 0.321 e. The van der Waals surface area contributed by atoms with E-state index in [1.165, 1.54) is 0 Å². The van der Waals surface area contributed by atoms with Gasteiger partial charge >= 0.3 is 11.9 Å². The fourth-order valence-corrected chi connectivity index (χ4v) is 10.1. The summed E-state index contributed by atoms with van der Waals surface area (Å²) in [5.41, 5.74) is -1.69. The van der Waals surface area contributed by atoms with Gasteiger partial charge in [-0.2, -0.15) is 10.1 Å². The third-order valence-corrected chi connectivity index (χ3v) is 11.6. The van der Waals surface area contributed by atoms with Gasteiger partial charge in [-0.3, -0.25) is 9.59 Å². The smallest absolute Gasteiger partial charge is 0.321 e. The number of benzene rings is 1. The molecule has 0 bridgehead atoms. The van der Waals surface area contributed by atoms with Crippen LogP contribution in [-0.4, -0.2) is 68.7 Å². The quantitative estimate of drug-likeness (QED) is 0.171. The molecule has 9 nitrogen and oxygen atoms in total. The maximum atomic E-state index is 14.8. The number of carbonyl (C=O) groups excluding carboxylic acids is 1. The molecule has 2 N–H and O–H groups in total. The van der Waals surface area contributed by atoms with Gasteiger partial charge in [0, 0.05) is 34.0 Å². The van der Waals surface area contributed by atoms with Crippen LogP contribution in [0.1, 0.15) is 165 Å². The van der Waals surface area contributed by atoms with Gasteiger partial charge in [0.25, 0.3) is 0 Å². The van der Waals surface area contributed by atoms with Gasteiger partial charge in [-0.1, -0.05) is 61.3 Å². The molecule has 2 fully saturated rings. The maximum absolute atomic E-state index is 14.8. The van der Waals surface area contributed by atoms with Crippen molar-refractivity contribution in [2.24, 2.45) is 17.8 Å². The number of esters is 1. The lowest BCUT2D eigenvalue weighted by Crippen LogP contribution is -2.67. The third kappa shape index (κ3) is 8.47. The zero-order chi connectivity index (χ0) is 39.3. The number of unbranched alkanes of at least 4 members (excludes halogenated alkanes) is 1. The number of carboxylic acids is 1. The van der Waals surface area contributed by atoms with Gasteiger partial charge < -0.3 is 24.6 Å². The summed E-state index contributed by atoms with van der Waals surface area (Å²) in [5.74, 6) is -3.40. The molecule has 292 valence electrons. The molecule has 9 heteroatoms. The summed E-state index contributed by atoms with van der Waals surface area (Å²) >= 11 is 0. The van der Waals surface area contributed by atoms with Gasteiger partial charge in [0.15, 0.2) is 5.92 Å². The Kier molecular flexibility index (Phi) is 12.3. The number of ether oxygens (including phenoxy) is 1. The van der Waals surface area contributed by atoms with Crippen molar-refractivity contribution >= 4 is 11.9 Å². The first-order chi connectivity index (χ1) is 23.0. The number of rotatable bonds is 11. The molecule has 0 radical (unpaired) electrons. The number of aromatic hydroxyl groups is 1. The summed E-state index contributed by atoms with van der Waals surface area (Å²) in [6, 6.07) is 4.12. The Labute approximate surface area is 309 Å². The first kappa shape index (κ1) is 43.2. The van der Waals surface area contributed by atoms with Crippen LogP contribution in [0, 0.1) is 17.8 Å². The van der Waals surface area contributed by atoms with E-state index < -0.39 is 56.4 Å². The van der Waals surface area contributed by atoms with Crippen molar-refractivity contribution in [1.29, 1.82) is 0 Å². The lowest BCUT2D eigenvalue weighted by atomic mass is 9.57. The predicted octanol–water partition coefficient (Wildman–Crippen LogP) is 9.28. The van der Waals surface area contributed by atoms with Crippen LogP contribution < -0.4 is 0 Å². The number of phenols is 1. The molecule has 0 spiro atoms. The first-order valence-corrected chi connectivity index (χ1v) is 19.1. The van der Waals surface area contributed by atoms with Gasteiger partial charge in [-0.05, 0) is 127 Å². The number of hydrogen-bond acceptors (Lipinski definition) is 8. The molecule has 1 aromatic carbocycles. The van der Waals surface area contributed by atoms with E-state index in [-0.39, 0.29) is 24.0 Å². The Bertz CT molecular complexity index is 1300. The van der Waals surface area contributed by atoms with Gasteiger partial charge in [0.1, 0.15) is 11.4 Å². The molecule has 1 unspecified atom stereocenters. The van der Waals surface area contributed by atoms with Crippen molar-refractivity contribution in [3.63, 3.8) is 0 Å². The second kappa shape index (κ2) is 14.6. The van der Waals surface area contributed by atoms with E-state index in [4.69, 9.17) is 14.4 Å². The Balaban J connectivity index is 2.61. The summed E-state index contributed by atoms with van der Waals surface area (Å²) in [5, 5.41) is 26.5. The number of nitrogens with zero attached hydrogens (tertiary/aromatic N) is 2. The third-order valence-electron chi connectivity index (χ3n) is 11.6. The number of carboxylic acid groups (broad SMARTS) is 1. The number of carbonyl (C=O) groups is 2. The Morgan fingerprint density at radius 1 is 0.765 bits per heavy atom. The Morgan fingerprint density at radius 3 is 1.39 bits per heavy atom. The molecule has 2 aliphatic heterocycles. The molecule has 1 aromatic rings. The van der Waals surface area contributed by atoms with Crippen LogP contribution >= 0.6 is 0 Å². The minimum absolute atomic E-state index is 0.203. The zero-order valence-corrected chi connectivity index (χ0v) is 35.2. The molecular formula is C42H72N2O7. The molecular weight excluding hydrogens is 644 g/mol. The first-order valence-electron chi connectivity index (χ1n) is 19.1. The molecule has 0 amide bonds. The summed E-state index contributed by atoms with van der Waals surface area (Å²) in [6.45, 7) is 31.8. The van der Waals surface area contributed by atoms with Crippen LogP contribution in [0.25, 0.3) is 0 Å². The van der Waals surface area contributed by atoms with Crippen molar-refractivity contribution in [3.8, 4) is 5.75 Å². The highest BCUT2D eigenvalue weighted by molar-refractivity contribution is 5.94. The summed E-state index contributed by atoms with van der Waals surface area (Å²) in [7, 11) is 3.41. The fraction of sp³-hybridized carbons (Fsp3) is 0.810. The average molecular weight is 717 g/mol. The molecule has 3 rings (SSSR count). The highest BCUT2D eigenvalue weighted by Crippen LogP contribution is 2.59. The van der Waals surface area contributed by atoms with Crippen molar-refractivity contribution in [1.82, 2.24) is 10.1 Å². The monoisotopic (exact) mass is 717 g/mol. The van der Waals surface area contributed by atoms with E-state index in [1.807, 2.05) is 6.92 Å². The number of aliphatic carboxylic acids is 1. The van der Waals surface area contributed by atoms with Crippen molar-refractivity contribution in [2.75, 3.05) is 14.2 Å². The van der Waals surface area contributed by atoms with Crippen LogP contribution in [-0.2, 0) is 40.4 Å². The molecule has 0 aliphatic carbocycles. The molecule has 0 aromatic heterocycles. The molecule has 2 heterocycles. The summed E-state index contributed by atoms with van der Waals surface area (Å²) < 4.78 is 7.19. The van der Waals surface area contributed by atoms with Crippen LogP contribution in [0.2, 0.25) is 0 Å². The molecule has 2 aliphatic rings. The van der Waals surface area contributed by atoms with Gasteiger partial charge in [-0.15, -0.1) is 0 Å². The number of hydroxylamine groups is 4.